The molecule has 0 amide bonds. The van der Waals surface area contributed by atoms with Crippen molar-refractivity contribution in [3.8, 4) is 0 Å². The molecular weight excluding hydrogens is 292 g/mol. The third-order valence-electron chi connectivity index (χ3n) is 3.23. The smallest absolute Gasteiger partial charge is 0.263 e. The first kappa shape index (κ1) is 11.7. The minimum Gasteiger partial charge on any atom is -0.312 e. The number of halogens is 1. The lowest BCUT2D eigenvalue weighted by molar-refractivity contribution is 0.0954. The van der Waals surface area contributed by atoms with Crippen LogP contribution in [0, 0.1) is 0 Å². The normalized spacial score (nSPS) is 14.3. The van der Waals surface area contributed by atoms with Gasteiger partial charge in [-0.1, -0.05) is 18.2 Å². The van der Waals surface area contributed by atoms with Crippen LogP contribution in [0.15, 0.2) is 41.0 Å². The van der Waals surface area contributed by atoms with Gasteiger partial charge in [-0.25, -0.2) is 0 Å². The maximum absolute atomic E-state index is 12.5. The van der Waals surface area contributed by atoms with Gasteiger partial charge in [0, 0.05) is 30.8 Å². The van der Waals surface area contributed by atoms with Crippen LogP contribution in [-0.4, -0.2) is 17.0 Å². The van der Waals surface area contributed by atoms with Crippen LogP contribution >= 0.6 is 15.9 Å². The lowest BCUT2D eigenvalue weighted by Gasteiger charge is -2.16. The van der Waals surface area contributed by atoms with Gasteiger partial charge in [0.25, 0.3) is 5.91 Å². The molecule has 1 aromatic heterocycles. The van der Waals surface area contributed by atoms with Crippen LogP contribution in [0.25, 0.3) is 0 Å². The second-order valence-electron chi connectivity index (χ2n) is 4.37. The van der Waals surface area contributed by atoms with E-state index in [1.54, 1.807) is 4.57 Å². The van der Waals surface area contributed by atoms with E-state index in [0.717, 1.165) is 35.4 Å². The van der Waals surface area contributed by atoms with Gasteiger partial charge in [-0.05, 0) is 39.7 Å². The molecule has 18 heavy (non-hydrogen) atoms. The molecule has 0 radical (unpaired) electrons. The van der Waals surface area contributed by atoms with Crippen molar-refractivity contribution in [3.63, 3.8) is 0 Å². The van der Waals surface area contributed by atoms with Crippen molar-refractivity contribution < 1.29 is 4.79 Å². The van der Waals surface area contributed by atoms with Gasteiger partial charge in [0.05, 0.1) is 4.60 Å². The molecule has 1 N–H and O–H groups in total. The Morgan fingerprint density at radius 2 is 2.06 bits per heavy atom. The summed E-state index contributed by atoms with van der Waals surface area (Å²) in [5, 5.41) is 3.31. The van der Waals surface area contributed by atoms with Gasteiger partial charge in [0.2, 0.25) is 0 Å². The first-order valence-corrected chi connectivity index (χ1v) is 6.76. The van der Waals surface area contributed by atoms with Crippen molar-refractivity contribution >= 4 is 21.8 Å². The number of fused-ring (bicyclic) bond motifs is 1. The van der Waals surface area contributed by atoms with Crippen LogP contribution in [-0.2, 0) is 13.0 Å². The zero-order valence-corrected chi connectivity index (χ0v) is 11.4. The number of rotatable bonds is 1. The summed E-state index contributed by atoms with van der Waals surface area (Å²) in [7, 11) is 0. The van der Waals surface area contributed by atoms with E-state index in [9.17, 15) is 4.79 Å². The van der Waals surface area contributed by atoms with E-state index in [1.165, 1.54) is 5.56 Å². The van der Waals surface area contributed by atoms with Crippen LogP contribution in [0.1, 0.15) is 21.6 Å². The second kappa shape index (κ2) is 4.71. The predicted octanol–water partition coefficient (Wildman–Crippen LogP) is 2.58. The van der Waals surface area contributed by atoms with Crippen LogP contribution in [0.3, 0.4) is 0 Å². The maximum Gasteiger partial charge on any atom is 0.263 e. The molecule has 3 nitrogen and oxygen atoms in total. The highest BCUT2D eigenvalue weighted by atomic mass is 79.9. The van der Waals surface area contributed by atoms with Crippen molar-refractivity contribution in [2.45, 2.75) is 13.0 Å². The highest BCUT2D eigenvalue weighted by molar-refractivity contribution is 9.10. The summed E-state index contributed by atoms with van der Waals surface area (Å²) in [4.78, 5) is 12.5. The summed E-state index contributed by atoms with van der Waals surface area (Å²) in [6.45, 7) is 1.76. The Hall–Kier alpha value is -1.39. The highest BCUT2D eigenvalue weighted by Crippen LogP contribution is 2.25. The number of nitrogens with one attached hydrogen (secondary N) is 1. The molecule has 2 heterocycles. The molecule has 1 aliphatic rings. The summed E-state index contributed by atoms with van der Waals surface area (Å²) in [5.74, 6) is 0.0330. The molecule has 92 valence electrons. The zero-order chi connectivity index (χ0) is 12.5. The Kier molecular flexibility index (Phi) is 3.06. The number of carbonyl (C=O) groups is 1. The fourth-order valence-corrected chi connectivity index (χ4v) is 3.00. The van der Waals surface area contributed by atoms with Crippen LogP contribution in [0.4, 0.5) is 0 Å². The van der Waals surface area contributed by atoms with Gasteiger partial charge in [-0.3, -0.25) is 9.36 Å². The van der Waals surface area contributed by atoms with Crippen molar-refractivity contribution in [1.82, 2.24) is 9.88 Å². The lowest BCUT2D eigenvalue weighted by Crippen LogP contribution is -2.26. The van der Waals surface area contributed by atoms with Crippen molar-refractivity contribution in [1.29, 1.82) is 0 Å². The number of benzene rings is 1. The van der Waals surface area contributed by atoms with Gasteiger partial charge in [-0.15, -0.1) is 0 Å². The molecule has 2 aromatic rings. The summed E-state index contributed by atoms with van der Waals surface area (Å²) in [6.07, 6.45) is 0.888. The first-order chi connectivity index (χ1) is 8.77. The molecule has 0 bridgehead atoms. The van der Waals surface area contributed by atoms with E-state index < -0.39 is 0 Å². The van der Waals surface area contributed by atoms with E-state index >= 15 is 0 Å². The summed E-state index contributed by atoms with van der Waals surface area (Å²) in [6, 6.07) is 11.4. The molecule has 0 saturated heterocycles. The Labute approximate surface area is 114 Å². The van der Waals surface area contributed by atoms with Gasteiger partial charge in [0.1, 0.15) is 0 Å². The number of hydrogen-bond acceptors (Lipinski definition) is 2. The van der Waals surface area contributed by atoms with Gasteiger partial charge in [-0.2, -0.15) is 0 Å². The second-order valence-corrected chi connectivity index (χ2v) is 5.18. The first-order valence-electron chi connectivity index (χ1n) is 5.97. The molecular formula is C14H13BrN2O. The maximum atomic E-state index is 12.5. The number of nitrogens with zero attached hydrogens (tertiary/aromatic N) is 1. The van der Waals surface area contributed by atoms with E-state index in [4.69, 9.17) is 0 Å². The number of carbonyl (C=O) groups excluding carboxylic acids is 1. The standard InChI is InChI=1S/C14H13BrN2O/c15-13-8-11-9-16-7-6-12(11)17(13)14(18)10-4-2-1-3-5-10/h1-5,8,16H,6-7,9H2. The van der Waals surface area contributed by atoms with E-state index in [2.05, 4.69) is 21.2 Å². The van der Waals surface area contributed by atoms with Gasteiger partial charge in [0.15, 0.2) is 0 Å². The fourth-order valence-electron chi connectivity index (χ4n) is 2.35. The zero-order valence-electron chi connectivity index (χ0n) is 9.82. The molecule has 1 aliphatic heterocycles. The largest absolute Gasteiger partial charge is 0.312 e. The van der Waals surface area contributed by atoms with Crippen LogP contribution < -0.4 is 5.32 Å². The molecule has 0 atom stereocenters. The highest BCUT2D eigenvalue weighted by Gasteiger charge is 2.21. The minimum absolute atomic E-state index is 0.0330. The van der Waals surface area contributed by atoms with Gasteiger partial charge >= 0.3 is 0 Å². The monoisotopic (exact) mass is 304 g/mol. The van der Waals surface area contributed by atoms with E-state index in [-0.39, 0.29) is 5.91 Å². The lowest BCUT2D eigenvalue weighted by atomic mass is 10.1. The molecule has 1 aromatic carbocycles. The molecule has 3 rings (SSSR count). The topological polar surface area (TPSA) is 34.0 Å². The predicted molar refractivity (Wildman–Crippen MR) is 73.7 cm³/mol. The van der Waals surface area contributed by atoms with Crippen molar-refractivity contribution in [2.75, 3.05) is 6.54 Å². The Bertz CT molecular complexity index is 589. The number of hydrogen-bond donors (Lipinski definition) is 1. The van der Waals surface area contributed by atoms with Crippen LogP contribution in [0.5, 0.6) is 0 Å². The Morgan fingerprint density at radius 3 is 2.83 bits per heavy atom. The molecule has 0 fully saturated rings. The molecule has 0 unspecified atom stereocenters. The third kappa shape index (κ3) is 1.91. The average molecular weight is 305 g/mol. The SMILES string of the molecule is O=C(c1ccccc1)n1c(Br)cc2c1CCNC2. The average Bonchev–Trinajstić information content (AvgIpc) is 2.75. The third-order valence-corrected chi connectivity index (χ3v) is 3.81. The summed E-state index contributed by atoms with van der Waals surface area (Å²) in [5.41, 5.74) is 3.04. The summed E-state index contributed by atoms with van der Waals surface area (Å²) < 4.78 is 2.62. The molecule has 0 spiro atoms. The van der Waals surface area contributed by atoms with E-state index in [0.29, 0.717) is 0 Å². The fraction of sp³-hybridized carbons (Fsp3) is 0.214. The van der Waals surface area contributed by atoms with Crippen molar-refractivity contribution in [2.24, 2.45) is 0 Å². The van der Waals surface area contributed by atoms with Crippen molar-refractivity contribution in [3.05, 3.63) is 57.8 Å². The molecule has 0 aliphatic carbocycles. The Morgan fingerprint density at radius 1 is 1.28 bits per heavy atom. The molecule has 4 heteroatoms. The van der Waals surface area contributed by atoms with Crippen LogP contribution in [0.2, 0.25) is 0 Å². The minimum atomic E-state index is 0.0330. The summed E-state index contributed by atoms with van der Waals surface area (Å²) >= 11 is 3.49. The number of aromatic nitrogens is 1. The van der Waals surface area contributed by atoms with E-state index in [1.807, 2.05) is 36.4 Å². The molecule has 0 saturated carbocycles. The van der Waals surface area contributed by atoms with Gasteiger partial charge < -0.3 is 5.32 Å². The Balaban J connectivity index is 2.07. The quantitative estimate of drug-likeness (QED) is 0.878.